The molecule has 2 amide bonds. The molecule has 0 fully saturated rings. The van der Waals surface area contributed by atoms with Gasteiger partial charge in [0.1, 0.15) is 11.5 Å². The number of nitrogens with zero attached hydrogens (tertiary/aromatic N) is 1. The Balaban J connectivity index is 1.48. The SMILES string of the molecule is C[C@H](NC(=O)C(=O)N/N=C/c1ccc(CNS(=O)(=O)c2ccc(Cl)cc2)o1)c1ccccc1. The van der Waals surface area contributed by atoms with Crippen LogP contribution in [0.25, 0.3) is 0 Å². The summed E-state index contributed by atoms with van der Waals surface area (Å²) in [7, 11) is -3.74. The number of nitrogens with one attached hydrogen (secondary N) is 3. The fourth-order valence-corrected chi connectivity index (χ4v) is 3.83. The number of furan rings is 1. The molecule has 0 bridgehead atoms. The van der Waals surface area contributed by atoms with Crippen LogP contribution in [-0.4, -0.2) is 26.4 Å². The van der Waals surface area contributed by atoms with Crippen LogP contribution < -0.4 is 15.5 Å². The fourth-order valence-electron chi connectivity index (χ4n) is 2.71. The van der Waals surface area contributed by atoms with Crippen molar-refractivity contribution < 1.29 is 22.4 Å². The Morgan fingerprint density at radius 3 is 2.42 bits per heavy atom. The van der Waals surface area contributed by atoms with Crippen LogP contribution in [0.15, 0.2) is 81.1 Å². The second-order valence-electron chi connectivity index (χ2n) is 6.89. The number of hydrogen-bond acceptors (Lipinski definition) is 6. The Hall–Kier alpha value is -3.47. The van der Waals surface area contributed by atoms with Gasteiger partial charge in [0.25, 0.3) is 0 Å². The summed E-state index contributed by atoms with van der Waals surface area (Å²) in [6, 6.07) is 17.7. The molecule has 0 aliphatic rings. The standard InChI is InChI=1S/C22H21ClN4O5S/c1-15(16-5-3-2-4-6-16)26-21(28)22(29)27-24-13-18-9-10-19(32-18)14-25-33(30,31)20-11-7-17(23)8-12-20/h2-13,15,25H,14H2,1H3,(H,26,28)(H,27,29)/b24-13+/t15-/m0/s1. The first-order valence-corrected chi connectivity index (χ1v) is 11.6. The third-order valence-electron chi connectivity index (χ3n) is 4.45. The van der Waals surface area contributed by atoms with E-state index < -0.39 is 21.8 Å². The van der Waals surface area contributed by atoms with Gasteiger partial charge in [-0.25, -0.2) is 18.6 Å². The van der Waals surface area contributed by atoms with E-state index in [1.807, 2.05) is 30.3 Å². The smallest absolute Gasteiger partial charge is 0.329 e. The number of hydrazone groups is 1. The van der Waals surface area contributed by atoms with Gasteiger partial charge in [-0.15, -0.1) is 0 Å². The first kappa shape index (κ1) is 24.2. The van der Waals surface area contributed by atoms with E-state index in [2.05, 4.69) is 20.6 Å². The van der Waals surface area contributed by atoms with Gasteiger partial charge in [-0.2, -0.15) is 5.10 Å². The zero-order valence-electron chi connectivity index (χ0n) is 17.5. The number of halogens is 1. The number of carbonyl (C=O) groups is 2. The summed E-state index contributed by atoms with van der Waals surface area (Å²) in [4.78, 5) is 24.0. The Bertz CT molecular complexity index is 1240. The van der Waals surface area contributed by atoms with Crippen LogP contribution in [0, 0.1) is 0 Å². The summed E-state index contributed by atoms with van der Waals surface area (Å²) in [5.74, 6) is -1.18. The Labute approximate surface area is 195 Å². The largest absolute Gasteiger partial charge is 0.459 e. The quantitative estimate of drug-likeness (QED) is 0.255. The summed E-state index contributed by atoms with van der Waals surface area (Å²) in [5.41, 5.74) is 2.97. The van der Waals surface area contributed by atoms with Crippen molar-refractivity contribution in [3.63, 3.8) is 0 Å². The van der Waals surface area contributed by atoms with Crippen LogP contribution in [0.3, 0.4) is 0 Å². The van der Waals surface area contributed by atoms with E-state index in [1.165, 1.54) is 30.5 Å². The van der Waals surface area contributed by atoms with Crippen LogP contribution in [0.5, 0.6) is 0 Å². The zero-order valence-corrected chi connectivity index (χ0v) is 19.1. The number of carbonyl (C=O) groups excluding carboxylic acids is 2. The van der Waals surface area contributed by atoms with E-state index in [9.17, 15) is 18.0 Å². The summed E-state index contributed by atoms with van der Waals surface area (Å²) < 4.78 is 32.5. The molecule has 3 rings (SSSR count). The van der Waals surface area contributed by atoms with E-state index in [4.69, 9.17) is 16.0 Å². The lowest BCUT2D eigenvalue weighted by atomic mass is 10.1. The molecule has 0 unspecified atom stereocenters. The normalized spacial score (nSPS) is 12.4. The summed E-state index contributed by atoms with van der Waals surface area (Å²) in [6.07, 6.45) is 1.20. The van der Waals surface area contributed by atoms with Crippen LogP contribution in [0.4, 0.5) is 0 Å². The lowest BCUT2D eigenvalue weighted by Gasteiger charge is -2.13. The minimum Gasteiger partial charge on any atom is -0.459 e. The predicted octanol–water partition coefficient (Wildman–Crippen LogP) is 2.74. The van der Waals surface area contributed by atoms with E-state index in [1.54, 1.807) is 19.1 Å². The second kappa shape index (κ2) is 10.9. The predicted molar refractivity (Wildman–Crippen MR) is 123 cm³/mol. The molecule has 3 aromatic rings. The maximum atomic E-state index is 12.3. The van der Waals surface area contributed by atoms with E-state index in [-0.39, 0.29) is 23.2 Å². The van der Waals surface area contributed by atoms with Crippen molar-refractivity contribution in [2.75, 3.05) is 0 Å². The summed E-state index contributed by atoms with van der Waals surface area (Å²) in [5, 5.41) is 6.70. The molecule has 1 atom stereocenters. The Morgan fingerprint density at radius 1 is 1.03 bits per heavy atom. The first-order valence-electron chi connectivity index (χ1n) is 9.77. The van der Waals surface area contributed by atoms with Gasteiger partial charge in [0.05, 0.1) is 23.7 Å². The van der Waals surface area contributed by atoms with Gasteiger partial charge in [0.2, 0.25) is 10.0 Å². The number of rotatable bonds is 8. The van der Waals surface area contributed by atoms with Crippen molar-refractivity contribution >= 4 is 39.7 Å². The van der Waals surface area contributed by atoms with Gasteiger partial charge in [-0.05, 0) is 48.9 Å². The molecule has 0 spiro atoms. The molecule has 0 saturated heterocycles. The minimum atomic E-state index is -3.74. The number of hydrogen-bond donors (Lipinski definition) is 3. The maximum absolute atomic E-state index is 12.3. The third-order valence-corrected chi connectivity index (χ3v) is 6.12. The van der Waals surface area contributed by atoms with Gasteiger partial charge in [0.15, 0.2) is 0 Å². The summed E-state index contributed by atoms with van der Waals surface area (Å²) in [6.45, 7) is 1.67. The van der Waals surface area contributed by atoms with E-state index >= 15 is 0 Å². The molecule has 0 radical (unpaired) electrons. The molecule has 11 heteroatoms. The zero-order chi connectivity index (χ0) is 23.8. The highest BCUT2D eigenvalue weighted by atomic mass is 35.5. The highest BCUT2D eigenvalue weighted by molar-refractivity contribution is 7.89. The number of sulfonamides is 1. The van der Waals surface area contributed by atoms with Crippen LogP contribution in [-0.2, 0) is 26.2 Å². The van der Waals surface area contributed by atoms with Gasteiger partial charge in [-0.1, -0.05) is 41.9 Å². The average molecular weight is 489 g/mol. The molecule has 9 nitrogen and oxygen atoms in total. The van der Waals surface area contributed by atoms with Crippen LogP contribution in [0.2, 0.25) is 5.02 Å². The molecule has 2 aromatic carbocycles. The maximum Gasteiger partial charge on any atom is 0.329 e. The highest BCUT2D eigenvalue weighted by Crippen LogP contribution is 2.15. The molecule has 3 N–H and O–H groups in total. The van der Waals surface area contributed by atoms with Crippen molar-refractivity contribution in [2.45, 2.75) is 24.4 Å². The van der Waals surface area contributed by atoms with Crippen molar-refractivity contribution in [3.05, 3.63) is 88.8 Å². The van der Waals surface area contributed by atoms with E-state index in [0.717, 1.165) is 5.56 Å². The van der Waals surface area contributed by atoms with Crippen molar-refractivity contribution in [1.29, 1.82) is 0 Å². The molecule has 0 saturated carbocycles. The third kappa shape index (κ3) is 7.01. The van der Waals surface area contributed by atoms with Crippen molar-refractivity contribution in [1.82, 2.24) is 15.5 Å². The van der Waals surface area contributed by atoms with Gasteiger partial charge < -0.3 is 9.73 Å². The average Bonchev–Trinajstić information content (AvgIpc) is 3.26. The van der Waals surface area contributed by atoms with Crippen molar-refractivity contribution in [2.24, 2.45) is 5.10 Å². The molecule has 0 aliphatic carbocycles. The molecular formula is C22H21ClN4O5S. The highest BCUT2D eigenvalue weighted by Gasteiger charge is 2.17. The molecule has 172 valence electrons. The monoisotopic (exact) mass is 488 g/mol. The molecule has 1 heterocycles. The molecule has 0 aliphatic heterocycles. The summed E-state index contributed by atoms with van der Waals surface area (Å²) >= 11 is 5.77. The second-order valence-corrected chi connectivity index (χ2v) is 9.09. The van der Waals surface area contributed by atoms with Crippen LogP contribution in [0.1, 0.15) is 30.0 Å². The number of amides is 2. The Kier molecular flexibility index (Phi) is 7.99. The lowest BCUT2D eigenvalue weighted by molar-refractivity contribution is -0.139. The Morgan fingerprint density at radius 2 is 1.73 bits per heavy atom. The fraction of sp³-hybridized carbons (Fsp3) is 0.136. The lowest BCUT2D eigenvalue weighted by Crippen LogP contribution is -2.39. The molecule has 33 heavy (non-hydrogen) atoms. The van der Waals surface area contributed by atoms with Gasteiger partial charge in [0, 0.05) is 5.02 Å². The van der Waals surface area contributed by atoms with Gasteiger partial charge >= 0.3 is 11.8 Å². The molecule has 1 aromatic heterocycles. The number of benzene rings is 2. The minimum absolute atomic E-state index is 0.0720. The van der Waals surface area contributed by atoms with Crippen LogP contribution >= 0.6 is 11.6 Å². The van der Waals surface area contributed by atoms with Gasteiger partial charge in [-0.3, -0.25) is 9.59 Å². The first-order chi connectivity index (χ1) is 15.7. The van der Waals surface area contributed by atoms with Crippen molar-refractivity contribution in [3.8, 4) is 0 Å². The molecular weight excluding hydrogens is 468 g/mol. The topological polar surface area (TPSA) is 130 Å². The van der Waals surface area contributed by atoms with E-state index in [0.29, 0.717) is 10.8 Å².